The SMILES string of the molecule is CC(C)C(C)(C#N)C(C)C.CC(C)C(C)(C)C.CC(C)C(C)C.CC(C)C1(C)CCC1.CC(C)C1(c2ccccc2)CCC1.CC(C)C12CC(C1)C2.CC(C)C1CC12CC2.CC(C)C1CCC1.CC(C)Cc1ccc(Cl)cc1.CC(C)Cc1cccc(Cl)c1.CC(C)Cc1ccccc1Cl.CCC(C)(C)C(C)C.CCC(C)C(C)C. The maximum Gasteiger partial charge on any atom is 0.0692 e. The van der Waals surface area contributed by atoms with Crippen molar-refractivity contribution in [3.05, 3.63) is 140 Å². The molecule has 1 nitrogen and oxygen atoms in total. The molecular formula is C111H196Cl3N. The van der Waals surface area contributed by atoms with Crippen LogP contribution in [0.2, 0.25) is 15.1 Å². The van der Waals surface area contributed by atoms with Gasteiger partial charge in [-0.2, -0.15) is 5.26 Å². The zero-order chi connectivity index (χ0) is 89.4. The van der Waals surface area contributed by atoms with E-state index < -0.39 is 0 Å². The third-order valence-electron chi connectivity index (χ3n) is 29.6. The largest absolute Gasteiger partial charge is 0.198 e. The number of halogens is 3. The van der Waals surface area contributed by atoms with Gasteiger partial charge < -0.3 is 0 Å². The molecule has 0 radical (unpaired) electrons. The predicted octanol–water partition coefficient (Wildman–Crippen LogP) is 38.1. The summed E-state index contributed by atoms with van der Waals surface area (Å²) in [6.07, 6.45) is 28.3. The Labute approximate surface area is 737 Å². The molecule has 2 unspecified atom stereocenters. The van der Waals surface area contributed by atoms with E-state index in [2.05, 4.69) is 331 Å². The van der Waals surface area contributed by atoms with Crippen LogP contribution < -0.4 is 0 Å². The topological polar surface area (TPSA) is 23.8 Å². The van der Waals surface area contributed by atoms with Crippen molar-refractivity contribution in [2.24, 2.45) is 145 Å². The second-order valence-electron chi connectivity index (χ2n) is 44.5. The molecule has 1 spiro atoms. The Hall–Kier alpha value is -2.76. The number of benzene rings is 4. The first-order valence-electron chi connectivity index (χ1n) is 47.7. The summed E-state index contributed by atoms with van der Waals surface area (Å²) >= 11 is 17.5. The minimum Gasteiger partial charge on any atom is -0.198 e. The molecule has 666 valence electrons. The lowest BCUT2D eigenvalue weighted by Gasteiger charge is -2.64. The second-order valence-corrected chi connectivity index (χ2v) is 45.8. The van der Waals surface area contributed by atoms with Gasteiger partial charge in [0.25, 0.3) is 0 Å². The summed E-state index contributed by atoms with van der Waals surface area (Å²) in [4.78, 5) is 0. The van der Waals surface area contributed by atoms with Gasteiger partial charge >= 0.3 is 0 Å². The average Bonchev–Trinajstić information content (AvgIpc) is 1.58. The summed E-state index contributed by atoms with van der Waals surface area (Å²) in [7, 11) is 0. The van der Waals surface area contributed by atoms with Crippen molar-refractivity contribution >= 4 is 34.8 Å². The standard InChI is InChI=1S/C13H18.3C10H13Cl.C9H17N.2C8H14.C8H16.C8H18.C7H14.2C7H16.C6H14/c1-11(2)13(9-6-10-13)12-7-4-3-5-8-12;1-8(2)7-9-3-5-10(11)6-4-9;1-8(2)6-9-4-3-5-10(11)7-9;1-8(2)7-9-5-3-4-6-10(9)11;1-7(2)9(5,6-10)8(3)4;1-6(2)8-3-7(4-8)5-8;1-6(2)7-5-8(7)3-4-8;1-7(2)8(3)5-4-6-8;1-6-8(4,5)7(2)3;1-6(2)7-4-3-5-7;1-6(2)7(3,4)5;1-5-7(4)6(2)3;1-5(2)6(3)4/h3-5,7-8,11H,6,9-10H2,1-2H3;3-6,8H,7H2,1-2H3;3-5,7-8H,6H2,1-2H3;3-6,8H,7H2,1-2H3;7-8H,1-5H3;2*6-7H,3-5H2,1-2H3;7H,4-6H2,1-3H3;7H,6H2,1-5H3;6-7H,3-5H2,1-2H3;6H,1-5H3;6-7H,5H2,1-4H3;5-6H,1-4H3. The van der Waals surface area contributed by atoms with E-state index in [1.807, 2.05) is 55.5 Å². The maximum absolute atomic E-state index is 8.88. The molecule has 4 aromatic rings. The summed E-state index contributed by atoms with van der Waals surface area (Å²) in [5, 5.41) is 11.4. The van der Waals surface area contributed by atoms with Crippen molar-refractivity contribution in [3.63, 3.8) is 0 Å². The molecule has 8 saturated carbocycles. The van der Waals surface area contributed by atoms with Crippen LogP contribution in [0.15, 0.2) is 103 Å². The van der Waals surface area contributed by atoms with Gasteiger partial charge in [0.1, 0.15) is 0 Å². The molecule has 0 amide bonds. The Morgan fingerprint density at radius 3 is 1.09 bits per heavy atom. The number of hydrogen-bond acceptors (Lipinski definition) is 1. The smallest absolute Gasteiger partial charge is 0.0692 e. The van der Waals surface area contributed by atoms with Gasteiger partial charge in [0, 0.05) is 15.1 Å². The highest BCUT2D eigenvalue weighted by atomic mass is 35.5. The van der Waals surface area contributed by atoms with Gasteiger partial charge in [0.15, 0.2) is 0 Å². The maximum atomic E-state index is 8.88. The lowest BCUT2D eigenvalue weighted by atomic mass is 9.41. The molecule has 2 atom stereocenters. The second kappa shape index (κ2) is 56.1. The van der Waals surface area contributed by atoms with Gasteiger partial charge in [-0.05, 0) is 288 Å². The molecule has 4 heteroatoms. The van der Waals surface area contributed by atoms with Gasteiger partial charge in [0.05, 0.1) is 11.5 Å². The normalized spacial score (nSPS) is 18.9. The average molecular weight is 1650 g/mol. The summed E-state index contributed by atoms with van der Waals surface area (Å²) < 4.78 is 0. The van der Waals surface area contributed by atoms with Gasteiger partial charge in [-0.1, -0.05) is 423 Å². The zero-order valence-electron chi connectivity index (χ0n) is 84.0. The van der Waals surface area contributed by atoms with Crippen molar-refractivity contribution in [3.8, 4) is 6.07 Å². The summed E-state index contributed by atoms with van der Waals surface area (Å²) in [5.41, 5.74) is 9.43. The number of rotatable bonds is 19. The minimum absolute atomic E-state index is 0.153. The number of nitriles is 1. The molecule has 8 aliphatic carbocycles. The van der Waals surface area contributed by atoms with Crippen LogP contribution in [0.1, 0.15) is 408 Å². The first-order chi connectivity index (χ1) is 53.0. The van der Waals surface area contributed by atoms with Gasteiger partial charge in [-0.3, -0.25) is 0 Å². The van der Waals surface area contributed by atoms with E-state index in [1.165, 1.54) is 87.3 Å². The van der Waals surface area contributed by atoms with Crippen molar-refractivity contribution < 1.29 is 0 Å². The van der Waals surface area contributed by atoms with Gasteiger partial charge in [-0.15, -0.1) is 0 Å². The summed E-state index contributed by atoms with van der Waals surface area (Å²) in [6, 6.07) is 37.5. The van der Waals surface area contributed by atoms with E-state index in [1.54, 1.807) is 44.1 Å². The van der Waals surface area contributed by atoms with Crippen LogP contribution in [0.4, 0.5) is 0 Å². The molecule has 115 heavy (non-hydrogen) atoms. The van der Waals surface area contributed by atoms with Crippen LogP contribution in [0, 0.1) is 156 Å². The Bertz CT molecular complexity index is 3000. The fourth-order valence-electron chi connectivity index (χ4n) is 14.4. The molecule has 0 heterocycles. The first kappa shape index (κ1) is 114. The highest BCUT2D eigenvalue weighted by Crippen LogP contribution is 2.72. The molecular weight excluding hydrogens is 1450 g/mol. The van der Waals surface area contributed by atoms with E-state index in [9.17, 15) is 0 Å². The van der Waals surface area contributed by atoms with E-state index >= 15 is 0 Å². The van der Waals surface area contributed by atoms with Crippen molar-refractivity contribution in [2.45, 2.75) is 411 Å². The van der Waals surface area contributed by atoms with E-state index in [0.29, 0.717) is 39.9 Å². The molecule has 0 saturated heterocycles. The van der Waals surface area contributed by atoms with Crippen LogP contribution in [0.5, 0.6) is 0 Å². The van der Waals surface area contributed by atoms with Crippen molar-refractivity contribution in [1.29, 1.82) is 5.26 Å². The molecule has 0 N–H and O–H groups in total. The molecule has 12 rings (SSSR count). The Balaban J connectivity index is 0. The van der Waals surface area contributed by atoms with E-state index in [0.717, 1.165) is 139 Å². The predicted molar refractivity (Wildman–Crippen MR) is 526 cm³/mol. The van der Waals surface area contributed by atoms with Crippen LogP contribution in [0.25, 0.3) is 0 Å². The first-order valence-corrected chi connectivity index (χ1v) is 48.8. The fourth-order valence-corrected chi connectivity index (χ4v) is 14.9. The third kappa shape index (κ3) is 45.3. The highest BCUT2D eigenvalue weighted by Gasteiger charge is 2.63. The summed E-state index contributed by atoms with van der Waals surface area (Å²) in [5.74, 6) is 16.0. The van der Waals surface area contributed by atoms with Crippen LogP contribution >= 0.6 is 34.8 Å². The van der Waals surface area contributed by atoms with Crippen LogP contribution in [-0.4, -0.2) is 0 Å². The van der Waals surface area contributed by atoms with Crippen LogP contribution in [0.3, 0.4) is 0 Å². The number of nitrogens with zero attached hydrogens (tertiary/aromatic N) is 1. The monoisotopic (exact) mass is 1650 g/mol. The number of hydrogen-bond donors (Lipinski definition) is 0. The minimum atomic E-state index is -0.153. The highest BCUT2D eigenvalue weighted by molar-refractivity contribution is 6.31. The van der Waals surface area contributed by atoms with E-state index in [-0.39, 0.29) is 5.41 Å². The molecule has 2 bridgehead atoms. The Kier molecular flexibility index (Phi) is 55.7. The van der Waals surface area contributed by atoms with E-state index in [4.69, 9.17) is 40.1 Å². The zero-order valence-corrected chi connectivity index (χ0v) is 86.3. The molecule has 8 fully saturated rings. The fraction of sp³-hybridized carbons (Fsp3) is 0.775. The molecule has 0 aliphatic heterocycles. The lowest BCUT2D eigenvalue weighted by Crippen LogP contribution is -2.54. The Morgan fingerprint density at radius 1 is 0.435 bits per heavy atom. The lowest BCUT2D eigenvalue weighted by molar-refractivity contribution is -0.141. The quantitative estimate of drug-likeness (QED) is 0.0918. The third-order valence-corrected chi connectivity index (χ3v) is 30.4. The Morgan fingerprint density at radius 2 is 0.887 bits per heavy atom. The molecule has 4 aromatic carbocycles. The van der Waals surface area contributed by atoms with Gasteiger partial charge in [-0.25, -0.2) is 0 Å². The van der Waals surface area contributed by atoms with Crippen molar-refractivity contribution in [2.75, 3.05) is 0 Å². The van der Waals surface area contributed by atoms with Gasteiger partial charge in [0.2, 0.25) is 0 Å². The summed E-state index contributed by atoms with van der Waals surface area (Å²) in [6.45, 7) is 90.3. The van der Waals surface area contributed by atoms with Crippen LogP contribution in [-0.2, 0) is 24.7 Å². The molecule has 8 aliphatic rings. The molecule has 0 aromatic heterocycles. The van der Waals surface area contributed by atoms with Crippen molar-refractivity contribution in [1.82, 2.24) is 0 Å².